The zero-order valence-corrected chi connectivity index (χ0v) is 15.7. The molecule has 4 aromatic rings. The van der Waals surface area contributed by atoms with Crippen LogP contribution in [0.5, 0.6) is 5.75 Å². The van der Waals surface area contributed by atoms with Gasteiger partial charge in [0.15, 0.2) is 5.82 Å². The van der Waals surface area contributed by atoms with Crippen LogP contribution in [0, 0.1) is 0 Å². The van der Waals surface area contributed by atoms with Gasteiger partial charge in [0.05, 0.1) is 4.53 Å². The normalized spacial score (nSPS) is 11.8. The molecule has 27 heavy (non-hydrogen) atoms. The number of thiazole rings is 1. The Bertz CT molecular complexity index is 1230. The van der Waals surface area contributed by atoms with E-state index in [0.29, 0.717) is 26.9 Å². The molecule has 0 radical (unpaired) electrons. The molecule has 0 atom stereocenters. The topological polar surface area (TPSA) is 56.5 Å². The average Bonchev–Trinajstić information content (AvgIpc) is 3.21. The maximum atomic E-state index is 12.6. The van der Waals surface area contributed by atoms with Gasteiger partial charge in [0, 0.05) is 10.6 Å². The Morgan fingerprint density at radius 3 is 2.74 bits per heavy atom. The van der Waals surface area contributed by atoms with Crippen LogP contribution in [0.1, 0.15) is 5.56 Å². The number of rotatable bonds is 5. The van der Waals surface area contributed by atoms with Crippen LogP contribution in [0.4, 0.5) is 0 Å². The molecular formula is C20H14ClN3O2S. The van der Waals surface area contributed by atoms with Gasteiger partial charge in [0.25, 0.3) is 5.56 Å². The van der Waals surface area contributed by atoms with Crippen LogP contribution < -0.4 is 14.8 Å². The van der Waals surface area contributed by atoms with Crippen LogP contribution in [-0.2, 0) is 0 Å². The molecule has 4 rings (SSSR count). The third-order valence-corrected chi connectivity index (χ3v) is 5.00. The molecule has 2 aromatic heterocycles. The standard InChI is InChI=1S/C20H14ClN3O2S/c1-2-10-26-16-8-6-13(7-9-16)11-17-19(25)24-20(27-17)22-18(23-24)14-4-3-5-15(21)12-14/h2-9,11-12H,1,10H2. The molecule has 0 spiro atoms. The Hall–Kier alpha value is -2.96. The third-order valence-electron chi connectivity index (χ3n) is 3.81. The lowest BCUT2D eigenvalue weighted by Gasteiger charge is -2.02. The van der Waals surface area contributed by atoms with Gasteiger partial charge in [-0.15, -0.1) is 5.10 Å². The number of benzene rings is 2. The summed E-state index contributed by atoms with van der Waals surface area (Å²) < 4.78 is 7.36. The van der Waals surface area contributed by atoms with Crippen molar-refractivity contribution in [3.8, 4) is 17.1 Å². The number of ether oxygens (including phenoxy) is 1. The fourth-order valence-corrected chi connectivity index (χ4v) is 3.65. The van der Waals surface area contributed by atoms with E-state index in [9.17, 15) is 4.79 Å². The van der Waals surface area contributed by atoms with Crippen molar-refractivity contribution >= 4 is 34.0 Å². The Morgan fingerprint density at radius 2 is 2.04 bits per heavy atom. The van der Waals surface area contributed by atoms with E-state index in [-0.39, 0.29) is 5.56 Å². The van der Waals surface area contributed by atoms with Crippen LogP contribution in [0.15, 0.2) is 66.0 Å². The minimum atomic E-state index is -0.192. The van der Waals surface area contributed by atoms with Crippen LogP contribution in [0.2, 0.25) is 5.02 Å². The molecule has 2 aromatic carbocycles. The Labute approximate surface area is 163 Å². The smallest absolute Gasteiger partial charge is 0.291 e. The predicted octanol–water partition coefficient (Wildman–Crippen LogP) is 3.58. The molecule has 0 N–H and O–H groups in total. The van der Waals surface area contributed by atoms with Crippen LogP contribution in [0.3, 0.4) is 0 Å². The fraction of sp³-hybridized carbons (Fsp3) is 0.0500. The maximum Gasteiger partial charge on any atom is 0.291 e. The van der Waals surface area contributed by atoms with E-state index in [0.717, 1.165) is 16.9 Å². The van der Waals surface area contributed by atoms with Crippen molar-refractivity contribution in [2.75, 3.05) is 6.61 Å². The minimum absolute atomic E-state index is 0.192. The number of hydrogen-bond acceptors (Lipinski definition) is 5. The lowest BCUT2D eigenvalue weighted by molar-refractivity contribution is 0.363. The number of aromatic nitrogens is 3. The van der Waals surface area contributed by atoms with Gasteiger partial charge in [-0.05, 0) is 35.9 Å². The highest BCUT2D eigenvalue weighted by Gasteiger charge is 2.12. The van der Waals surface area contributed by atoms with Crippen molar-refractivity contribution < 1.29 is 4.74 Å². The van der Waals surface area contributed by atoms with E-state index in [4.69, 9.17) is 16.3 Å². The van der Waals surface area contributed by atoms with E-state index in [1.807, 2.05) is 42.5 Å². The van der Waals surface area contributed by atoms with Crippen LogP contribution in [-0.4, -0.2) is 21.2 Å². The molecule has 0 amide bonds. The van der Waals surface area contributed by atoms with Crippen molar-refractivity contribution in [1.82, 2.24) is 14.6 Å². The molecule has 0 aliphatic heterocycles. The van der Waals surface area contributed by atoms with E-state index in [1.54, 1.807) is 18.2 Å². The van der Waals surface area contributed by atoms with Gasteiger partial charge in [-0.2, -0.15) is 9.50 Å². The second-order valence-electron chi connectivity index (χ2n) is 5.72. The Morgan fingerprint density at radius 1 is 1.22 bits per heavy atom. The summed E-state index contributed by atoms with van der Waals surface area (Å²) in [5.41, 5.74) is 1.49. The summed E-state index contributed by atoms with van der Waals surface area (Å²) >= 11 is 7.31. The lowest BCUT2D eigenvalue weighted by atomic mass is 10.2. The first-order chi connectivity index (χ1) is 13.1. The minimum Gasteiger partial charge on any atom is -0.490 e. The van der Waals surface area contributed by atoms with Crippen molar-refractivity contribution in [1.29, 1.82) is 0 Å². The van der Waals surface area contributed by atoms with Crippen molar-refractivity contribution in [3.63, 3.8) is 0 Å². The van der Waals surface area contributed by atoms with Crippen molar-refractivity contribution in [2.45, 2.75) is 0 Å². The number of nitrogens with zero attached hydrogens (tertiary/aromatic N) is 3. The first-order valence-electron chi connectivity index (χ1n) is 8.15. The zero-order chi connectivity index (χ0) is 18.8. The first kappa shape index (κ1) is 17.5. The largest absolute Gasteiger partial charge is 0.490 e. The fourth-order valence-electron chi connectivity index (χ4n) is 2.55. The van der Waals surface area contributed by atoms with E-state index < -0.39 is 0 Å². The maximum absolute atomic E-state index is 12.6. The summed E-state index contributed by atoms with van der Waals surface area (Å²) in [6, 6.07) is 14.7. The summed E-state index contributed by atoms with van der Waals surface area (Å²) in [5.74, 6) is 1.24. The SMILES string of the molecule is C=CCOc1ccc(C=c2sc3nc(-c4cccc(Cl)c4)nn3c2=O)cc1. The summed E-state index contributed by atoms with van der Waals surface area (Å²) in [5, 5.41) is 4.93. The number of fused-ring (bicyclic) bond motifs is 1. The van der Waals surface area contributed by atoms with Crippen molar-refractivity contribution in [2.24, 2.45) is 0 Å². The van der Waals surface area contributed by atoms with Gasteiger partial charge in [0.1, 0.15) is 12.4 Å². The second kappa shape index (κ2) is 7.34. The van der Waals surface area contributed by atoms with Gasteiger partial charge in [-0.25, -0.2) is 0 Å². The molecule has 5 nitrogen and oxygen atoms in total. The molecule has 2 heterocycles. The number of hydrogen-bond donors (Lipinski definition) is 0. The van der Waals surface area contributed by atoms with Gasteiger partial charge >= 0.3 is 0 Å². The Kier molecular flexibility index (Phi) is 4.75. The average molecular weight is 396 g/mol. The second-order valence-corrected chi connectivity index (χ2v) is 7.17. The monoisotopic (exact) mass is 395 g/mol. The van der Waals surface area contributed by atoms with E-state index in [1.165, 1.54) is 15.9 Å². The highest BCUT2D eigenvalue weighted by atomic mass is 35.5. The molecule has 0 fully saturated rings. The van der Waals surface area contributed by atoms with Gasteiger partial charge in [-0.1, -0.05) is 59.9 Å². The third kappa shape index (κ3) is 3.63. The highest BCUT2D eigenvalue weighted by Crippen LogP contribution is 2.20. The summed E-state index contributed by atoms with van der Waals surface area (Å²) in [6.45, 7) is 4.07. The zero-order valence-electron chi connectivity index (χ0n) is 14.1. The van der Waals surface area contributed by atoms with E-state index in [2.05, 4.69) is 16.7 Å². The molecule has 0 unspecified atom stereocenters. The van der Waals surface area contributed by atoms with Crippen LogP contribution >= 0.6 is 22.9 Å². The molecule has 0 aliphatic rings. The van der Waals surface area contributed by atoms with Gasteiger partial charge in [-0.3, -0.25) is 4.79 Å². The Balaban J connectivity index is 1.68. The molecule has 0 aliphatic carbocycles. The van der Waals surface area contributed by atoms with Gasteiger partial charge in [0.2, 0.25) is 4.96 Å². The predicted molar refractivity (Wildman–Crippen MR) is 108 cm³/mol. The van der Waals surface area contributed by atoms with Gasteiger partial charge < -0.3 is 4.74 Å². The molecule has 0 saturated heterocycles. The summed E-state index contributed by atoms with van der Waals surface area (Å²) in [4.78, 5) is 17.6. The molecule has 0 saturated carbocycles. The quantitative estimate of drug-likeness (QED) is 0.485. The highest BCUT2D eigenvalue weighted by molar-refractivity contribution is 7.15. The number of halogens is 1. The van der Waals surface area contributed by atoms with E-state index >= 15 is 0 Å². The molecule has 7 heteroatoms. The summed E-state index contributed by atoms with van der Waals surface area (Å²) in [7, 11) is 0. The van der Waals surface area contributed by atoms with Crippen molar-refractivity contribution in [3.05, 3.63) is 86.7 Å². The van der Waals surface area contributed by atoms with Crippen LogP contribution in [0.25, 0.3) is 22.4 Å². The molecule has 0 bridgehead atoms. The molecular weight excluding hydrogens is 382 g/mol. The summed E-state index contributed by atoms with van der Waals surface area (Å²) in [6.07, 6.45) is 3.51. The molecule has 134 valence electrons. The lowest BCUT2D eigenvalue weighted by Crippen LogP contribution is -2.23. The first-order valence-corrected chi connectivity index (χ1v) is 9.34.